The van der Waals surface area contributed by atoms with Gasteiger partial charge in [0.15, 0.2) is 0 Å². The minimum absolute atomic E-state index is 0.243. The second-order valence-corrected chi connectivity index (χ2v) is 11.8. The molecule has 0 bridgehead atoms. The molecule has 1 saturated heterocycles. The van der Waals surface area contributed by atoms with Crippen LogP contribution in [0.3, 0.4) is 0 Å². The van der Waals surface area contributed by atoms with E-state index in [9.17, 15) is 9.90 Å². The molecule has 0 spiro atoms. The molecule has 0 unspecified atom stereocenters. The van der Waals surface area contributed by atoms with Crippen LogP contribution < -0.4 is 4.74 Å². The number of piperidine rings is 1. The van der Waals surface area contributed by atoms with Gasteiger partial charge in [-0.25, -0.2) is 0 Å². The number of hydrogen-bond donors (Lipinski definition) is 1. The summed E-state index contributed by atoms with van der Waals surface area (Å²) in [5, 5.41) is 11.9. The van der Waals surface area contributed by atoms with Gasteiger partial charge in [0.2, 0.25) is 0 Å². The molecule has 2 fully saturated rings. The Balaban J connectivity index is 1.23. The third-order valence-electron chi connectivity index (χ3n) is 7.99. The molecule has 2 heterocycles. The number of pyridine rings is 1. The predicted octanol–water partition coefficient (Wildman–Crippen LogP) is 6.43. The fourth-order valence-corrected chi connectivity index (χ4v) is 7.22. The summed E-state index contributed by atoms with van der Waals surface area (Å²) in [4.78, 5) is 19.0. The predicted molar refractivity (Wildman–Crippen MR) is 145 cm³/mol. The number of nitrogens with zero attached hydrogens (tertiary/aromatic N) is 2. The van der Waals surface area contributed by atoms with E-state index in [0.29, 0.717) is 6.54 Å². The Kier molecular flexibility index (Phi) is 10.1. The van der Waals surface area contributed by atoms with Gasteiger partial charge in [-0.3, -0.25) is 9.78 Å². The number of fused-ring (bicyclic) bond motifs is 1. The molecule has 2 aromatic rings. The highest BCUT2D eigenvalue weighted by molar-refractivity contribution is 7.99. The summed E-state index contributed by atoms with van der Waals surface area (Å²) in [6.07, 6.45) is 15.4. The number of carboxylic acids is 1. The summed E-state index contributed by atoms with van der Waals surface area (Å²) < 4.78 is 5.40. The fraction of sp³-hybridized carbons (Fsp3) is 0.655. The van der Waals surface area contributed by atoms with Gasteiger partial charge in [-0.15, -0.1) is 0 Å². The Morgan fingerprint density at radius 1 is 1.14 bits per heavy atom. The molecule has 1 aliphatic carbocycles. The number of rotatable bonds is 11. The minimum Gasteiger partial charge on any atom is -0.497 e. The lowest BCUT2D eigenvalue weighted by molar-refractivity contribution is -0.146. The maximum Gasteiger partial charge on any atom is 0.308 e. The second kappa shape index (κ2) is 13.5. The van der Waals surface area contributed by atoms with Crippen molar-refractivity contribution < 1.29 is 14.6 Å². The summed E-state index contributed by atoms with van der Waals surface area (Å²) in [5.74, 6) is 1.47. The molecule has 5 nitrogen and oxygen atoms in total. The Morgan fingerprint density at radius 3 is 2.74 bits per heavy atom. The van der Waals surface area contributed by atoms with Crippen molar-refractivity contribution in [3.05, 3.63) is 36.0 Å². The molecule has 35 heavy (non-hydrogen) atoms. The molecule has 1 aromatic heterocycles. The Labute approximate surface area is 215 Å². The van der Waals surface area contributed by atoms with E-state index in [2.05, 4.69) is 33.8 Å². The van der Waals surface area contributed by atoms with Gasteiger partial charge in [0.25, 0.3) is 0 Å². The standard InChI is InChI=1S/C29H42N2O3S/c1-34-24-12-13-28-26(20-24)22(14-16-30-28)8-6-9-23-15-18-31(21-27(23)29(32)33)17-7-19-35-25-10-4-2-3-5-11-25/h12-14,16,20,23,25,27H,2-11,15,17-19,21H2,1H3,(H,32,33)/t23-,27+/m1/s1. The summed E-state index contributed by atoms with van der Waals surface area (Å²) >= 11 is 2.16. The molecule has 2 aliphatic rings. The van der Waals surface area contributed by atoms with Crippen LogP contribution in [0.1, 0.15) is 69.8 Å². The molecule has 2 atom stereocenters. The SMILES string of the molecule is COc1ccc2nccc(CCC[C@@H]3CCN(CCCSC4CCCCCC4)C[C@@H]3C(=O)O)c2c1. The van der Waals surface area contributed by atoms with E-state index in [1.165, 1.54) is 56.3 Å². The van der Waals surface area contributed by atoms with E-state index in [-0.39, 0.29) is 11.8 Å². The van der Waals surface area contributed by atoms with Crippen LogP contribution in [0.25, 0.3) is 10.9 Å². The van der Waals surface area contributed by atoms with E-state index in [0.717, 1.165) is 60.7 Å². The zero-order valence-electron chi connectivity index (χ0n) is 21.3. The smallest absolute Gasteiger partial charge is 0.308 e. The van der Waals surface area contributed by atoms with Crippen molar-refractivity contribution in [1.82, 2.24) is 9.88 Å². The van der Waals surface area contributed by atoms with Crippen molar-refractivity contribution in [3.63, 3.8) is 0 Å². The number of ether oxygens (including phenoxy) is 1. The highest BCUT2D eigenvalue weighted by Gasteiger charge is 2.33. The van der Waals surface area contributed by atoms with Crippen molar-refractivity contribution in [2.24, 2.45) is 11.8 Å². The lowest BCUT2D eigenvalue weighted by Gasteiger charge is -2.36. The summed E-state index contributed by atoms with van der Waals surface area (Å²) in [6.45, 7) is 2.79. The van der Waals surface area contributed by atoms with Crippen LogP contribution in [-0.2, 0) is 11.2 Å². The number of aromatic nitrogens is 1. The molecule has 1 N–H and O–H groups in total. The molecule has 192 valence electrons. The maximum absolute atomic E-state index is 12.1. The molecule has 1 aromatic carbocycles. The number of thioether (sulfide) groups is 1. The number of likely N-dealkylation sites (tertiary alicyclic amines) is 1. The van der Waals surface area contributed by atoms with Gasteiger partial charge in [-0.2, -0.15) is 11.8 Å². The molecule has 1 saturated carbocycles. The summed E-state index contributed by atoms with van der Waals surface area (Å²) in [6, 6.07) is 8.10. The number of methoxy groups -OCH3 is 1. The van der Waals surface area contributed by atoms with Crippen molar-refractivity contribution in [3.8, 4) is 5.75 Å². The van der Waals surface area contributed by atoms with E-state index in [1.807, 2.05) is 18.3 Å². The van der Waals surface area contributed by atoms with Crippen molar-refractivity contribution >= 4 is 28.6 Å². The Hall–Kier alpha value is -1.79. The zero-order chi connectivity index (χ0) is 24.5. The zero-order valence-corrected chi connectivity index (χ0v) is 22.1. The molecule has 1 aliphatic heterocycles. The van der Waals surface area contributed by atoms with Crippen LogP contribution in [0.4, 0.5) is 0 Å². The highest BCUT2D eigenvalue weighted by atomic mass is 32.2. The number of aryl methyl sites for hydroxylation is 1. The van der Waals surface area contributed by atoms with Crippen LogP contribution in [0, 0.1) is 11.8 Å². The third kappa shape index (κ3) is 7.60. The normalized spacial score (nSPS) is 22.2. The molecular formula is C29H42N2O3S. The topological polar surface area (TPSA) is 62.7 Å². The summed E-state index contributed by atoms with van der Waals surface area (Å²) in [5.41, 5.74) is 2.25. The second-order valence-electron chi connectivity index (χ2n) is 10.4. The van der Waals surface area contributed by atoms with E-state index in [1.54, 1.807) is 7.11 Å². The quantitative estimate of drug-likeness (QED) is 0.284. The van der Waals surface area contributed by atoms with Gasteiger partial charge in [0.1, 0.15) is 5.75 Å². The first-order valence-electron chi connectivity index (χ1n) is 13.6. The number of benzene rings is 1. The maximum atomic E-state index is 12.1. The van der Waals surface area contributed by atoms with E-state index < -0.39 is 5.97 Å². The van der Waals surface area contributed by atoms with E-state index >= 15 is 0 Å². The number of aliphatic carboxylic acids is 1. The average Bonchev–Trinajstić information content (AvgIpc) is 3.16. The van der Waals surface area contributed by atoms with Crippen molar-refractivity contribution in [1.29, 1.82) is 0 Å². The van der Waals surface area contributed by atoms with Crippen LogP contribution >= 0.6 is 11.8 Å². The van der Waals surface area contributed by atoms with Crippen LogP contribution in [0.5, 0.6) is 5.75 Å². The minimum atomic E-state index is -0.619. The van der Waals surface area contributed by atoms with E-state index in [4.69, 9.17) is 4.74 Å². The van der Waals surface area contributed by atoms with Gasteiger partial charge in [0, 0.05) is 23.4 Å². The molecule has 4 rings (SSSR count). The van der Waals surface area contributed by atoms with Crippen molar-refractivity contribution in [2.75, 3.05) is 32.5 Å². The number of hydrogen-bond acceptors (Lipinski definition) is 5. The third-order valence-corrected chi connectivity index (χ3v) is 9.46. The average molecular weight is 499 g/mol. The van der Waals surface area contributed by atoms with Gasteiger partial charge in [-0.1, -0.05) is 25.7 Å². The Bertz CT molecular complexity index is 945. The molecule has 0 amide bonds. The first-order chi connectivity index (χ1) is 17.1. The van der Waals surface area contributed by atoms with Gasteiger partial charge in [-0.05, 0) is 99.5 Å². The van der Waals surface area contributed by atoms with Crippen LogP contribution in [0.2, 0.25) is 0 Å². The number of carbonyl (C=O) groups is 1. The highest BCUT2D eigenvalue weighted by Crippen LogP contribution is 2.31. The first kappa shape index (κ1) is 26.3. The van der Waals surface area contributed by atoms with Crippen LogP contribution in [-0.4, -0.2) is 58.7 Å². The largest absolute Gasteiger partial charge is 0.497 e. The monoisotopic (exact) mass is 498 g/mol. The summed E-state index contributed by atoms with van der Waals surface area (Å²) in [7, 11) is 1.69. The van der Waals surface area contributed by atoms with Gasteiger partial charge >= 0.3 is 5.97 Å². The lowest BCUT2D eigenvalue weighted by atomic mass is 9.81. The fourth-order valence-electron chi connectivity index (χ4n) is 5.93. The molecule has 6 heteroatoms. The van der Waals surface area contributed by atoms with Gasteiger partial charge in [0.05, 0.1) is 18.5 Å². The van der Waals surface area contributed by atoms with Crippen molar-refractivity contribution in [2.45, 2.75) is 75.9 Å². The first-order valence-corrected chi connectivity index (χ1v) is 14.7. The number of carboxylic acid groups (broad SMARTS) is 1. The molecular weight excluding hydrogens is 456 g/mol. The van der Waals surface area contributed by atoms with Crippen LogP contribution in [0.15, 0.2) is 30.5 Å². The lowest BCUT2D eigenvalue weighted by Crippen LogP contribution is -2.44. The van der Waals surface area contributed by atoms with Gasteiger partial charge < -0.3 is 14.7 Å². The molecule has 0 radical (unpaired) electrons. The Morgan fingerprint density at radius 2 is 1.97 bits per heavy atom.